The minimum Gasteiger partial charge on any atom is -0.351 e. The summed E-state index contributed by atoms with van der Waals surface area (Å²) in [4.78, 5) is 12.3. The second-order valence-corrected chi connectivity index (χ2v) is 9.40. The van der Waals surface area contributed by atoms with E-state index in [1.54, 1.807) is 48.5 Å². The van der Waals surface area contributed by atoms with Gasteiger partial charge in [0.15, 0.2) is 0 Å². The lowest BCUT2D eigenvalue weighted by molar-refractivity contribution is -0.121. The number of nitrogens with one attached hydrogen (secondary N) is 1. The van der Waals surface area contributed by atoms with Crippen molar-refractivity contribution in [2.24, 2.45) is 0 Å². The first-order chi connectivity index (χ1) is 12.0. The van der Waals surface area contributed by atoms with Gasteiger partial charge in [0, 0.05) is 12.6 Å². The van der Waals surface area contributed by atoms with Crippen LogP contribution in [0.1, 0.15) is 31.9 Å². The summed E-state index contributed by atoms with van der Waals surface area (Å²) in [5.74, 6) is -0.0640. The number of hydrogen-bond acceptors (Lipinski definition) is 3. The van der Waals surface area contributed by atoms with Crippen LogP contribution in [0.3, 0.4) is 0 Å². The Morgan fingerprint density at radius 2 is 1.54 bits per heavy atom. The van der Waals surface area contributed by atoms with E-state index in [0.29, 0.717) is 5.69 Å². The van der Waals surface area contributed by atoms with E-state index in [9.17, 15) is 13.2 Å². The Kier molecular flexibility index (Phi) is 5.76. The minimum absolute atomic E-state index is 0.0640. The highest BCUT2D eigenvalue weighted by atomic mass is 32.2. The molecule has 1 N–H and O–H groups in total. The maximum atomic E-state index is 12.7. The molecule has 6 heteroatoms. The van der Waals surface area contributed by atoms with Gasteiger partial charge in [-0.05, 0) is 57.5 Å². The minimum atomic E-state index is -3.61. The summed E-state index contributed by atoms with van der Waals surface area (Å²) >= 11 is 0. The van der Waals surface area contributed by atoms with E-state index in [4.69, 9.17) is 0 Å². The zero-order chi connectivity index (χ0) is 19.5. The molecule has 0 heterocycles. The summed E-state index contributed by atoms with van der Waals surface area (Å²) in [5, 5.41) is 2.91. The van der Waals surface area contributed by atoms with Crippen LogP contribution in [-0.4, -0.2) is 26.9 Å². The van der Waals surface area contributed by atoms with Crippen LogP contribution in [0.15, 0.2) is 53.4 Å². The number of sulfonamides is 1. The standard InChI is InChI=1S/C20H26N2O3S/c1-15-6-12-18(13-7-15)26(24,25)22(5)17-10-8-16(9-11-17)14-19(23)21-20(2,3)4/h6-13H,14H2,1-5H3,(H,21,23). The highest BCUT2D eigenvalue weighted by Crippen LogP contribution is 2.22. The van der Waals surface area contributed by atoms with Gasteiger partial charge in [0.25, 0.3) is 10.0 Å². The van der Waals surface area contributed by atoms with Gasteiger partial charge in [0.1, 0.15) is 0 Å². The molecule has 0 aromatic heterocycles. The quantitative estimate of drug-likeness (QED) is 0.873. The number of carbonyl (C=O) groups excluding carboxylic acids is 1. The SMILES string of the molecule is Cc1ccc(S(=O)(=O)N(C)c2ccc(CC(=O)NC(C)(C)C)cc2)cc1. The Morgan fingerprint density at radius 1 is 1.00 bits per heavy atom. The summed E-state index contributed by atoms with van der Waals surface area (Å²) in [6, 6.07) is 13.7. The molecule has 0 aliphatic carbocycles. The van der Waals surface area contributed by atoms with Gasteiger partial charge in [0.05, 0.1) is 17.0 Å². The van der Waals surface area contributed by atoms with E-state index >= 15 is 0 Å². The number of nitrogens with zero attached hydrogens (tertiary/aromatic N) is 1. The summed E-state index contributed by atoms with van der Waals surface area (Å²) in [6.07, 6.45) is 0.256. The predicted octanol–water partition coefficient (Wildman–Crippen LogP) is 3.28. The first-order valence-corrected chi connectivity index (χ1v) is 9.88. The van der Waals surface area contributed by atoms with Crippen LogP contribution in [-0.2, 0) is 21.2 Å². The first-order valence-electron chi connectivity index (χ1n) is 8.44. The van der Waals surface area contributed by atoms with Gasteiger partial charge >= 0.3 is 0 Å². The third-order valence-corrected chi connectivity index (χ3v) is 5.66. The molecule has 2 aromatic rings. The van der Waals surface area contributed by atoms with Crippen LogP contribution in [0.25, 0.3) is 0 Å². The number of aryl methyl sites for hydroxylation is 1. The highest BCUT2D eigenvalue weighted by molar-refractivity contribution is 7.92. The lowest BCUT2D eigenvalue weighted by Gasteiger charge is -2.21. The van der Waals surface area contributed by atoms with E-state index in [2.05, 4.69) is 5.32 Å². The van der Waals surface area contributed by atoms with Gasteiger partial charge in [-0.1, -0.05) is 29.8 Å². The molecule has 2 aromatic carbocycles. The smallest absolute Gasteiger partial charge is 0.264 e. The molecule has 0 radical (unpaired) electrons. The van der Waals surface area contributed by atoms with Crippen molar-refractivity contribution < 1.29 is 13.2 Å². The maximum Gasteiger partial charge on any atom is 0.264 e. The van der Waals surface area contributed by atoms with Crippen molar-refractivity contribution >= 4 is 21.6 Å². The topological polar surface area (TPSA) is 66.5 Å². The number of hydrogen-bond donors (Lipinski definition) is 1. The van der Waals surface area contributed by atoms with Crippen molar-refractivity contribution in [2.45, 2.75) is 44.6 Å². The lowest BCUT2D eigenvalue weighted by Crippen LogP contribution is -2.41. The summed E-state index contributed by atoms with van der Waals surface area (Å²) in [5.41, 5.74) is 2.10. The molecule has 0 fully saturated rings. The van der Waals surface area contributed by atoms with Crippen LogP contribution in [0.4, 0.5) is 5.69 Å². The Labute approximate surface area is 156 Å². The van der Waals surface area contributed by atoms with Gasteiger partial charge in [-0.15, -0.1) is 0 Å². The molecular formula is C20H26N2O3S. The average molecular weight is 375 g/mol. The van der Waals surface area contributed by atoms with Gasteiger partial charge in [-0.3, -0.25) is 9.10 Å². The molecule has 5 nitrogen and oxygen atoms in total. The number of rotatable bonds is 5. The molecule has 0 bridgehead atoms. The Hall–Kier alpha value is -2.34. The number of benzene rings is 2. The molecule has 0 aliphatic heterocycles. The van der Waals surface area contributed by atoms with Crippen LogP contribution >= 0.6 is 0 Å². The van der Waals surface area contributed by atoms with E-state index in [0.717, 1.165) is 11.1 Å². The van der Waals surface area contributed by atoms with Gasteiger partial charge in [0.2, 0.25) is 5.91 Å². The zero-order valence-corrected chi connectivity index (χ0v) is 16.7. The van der Waals surface area contributed by atoms with Gasteiger partial charge < -0.3 is 5.32 Å². The molecule has 0 aliphatic rings. The normalized spacial score (nSPS) is 11.9. The third kappa shape index (κ3) is 5.08. The fourth-order valence-electron chi connectivity index (χ4n) is 2.48. The first kappa shape index (κ1) is 20.0. The molecule has 26 heavy (non-hydrogen) atoms. The molecule has 0 saturated heterocycles. The average Bonchev–Trinajstić information content (AvgIpc) is 2.53. The molecular weight excluding hydrogens is 348 g/mol. The Morgan fingerprint density at radius 3 is 2.04 bits per heavy atom. The Bertz CT molecular complexity index is 865. The van der Waals surface area contributed by atoms with Crippen molar-refractivity contribution in [2.75, 3.05) is 11.4 Å². The summed E-state index contributed by atoms with van der Waals surface area (Å²) in [7, 11) is -2.09. The van der Waals surface area contributed by atoms with Crippen LogP contribution < -0.4 is 9.62 Å². The summed E-state index contributed by atoms with van der Waals surface area (Å²) in [6.45, 7) is 7.70. The highest BCUT2D eigenvalue weighted by Gasteiger charge is 2.21. The Balaban J connectivity index is 2.14. The fraction of sp³-hybridized carbons (Fsp3) is 0.350. The van der Waals surface area contributed by atoms with Crippen molar-refractivity contribution in [3.63, 3.8) is 0 Å². The number of anilines is 1. The molecule has 0 unspecified atom stereocenters. The second kappa shape index (κ2) is 7.50. The van der Waals surface area contributed by atoms with Gasteiger partial charge in [-0.25, -0.2) is 8.42 Å². The predicted molar refractivity (Wildman–Crippen MR) is 105 cm³/mol. The van der Waals surface area contributed by atoms with Crippen molar-refractivity contribution in [3.05, 3.63) is 59.7 Å². The second-order valence-electron chi connectivity index (χ2n) is 7.43. The van der Waals surface area contributed by atoms with Crippen LogP contribution in [0.5, 0.6) is 0 Å². The lowest BCUT2D eigenvalue weighted by atomic mass is 10.1. The van der Waals surface area contributed by atoms with E-state index in [-0.39, 0.29) is 22.8 Å². The number of amides is 1. The van der Waals surface area contributed by atoms with Crippen LogP contribution in [0, 0.1) is 6.92 Å². The molecule has 0 atom stereocenters. The zero-order valence-electron chi connectivity index (χ0n) is 15.9. The molecule has 0 saturated carbocycles. The number of carbonyl (C=O) groups is 1. The van der Waals surface area contributed by atoms with Gasteiger partial charge in [-0.2, -0.15) is 0 Å². The molecule has 1 amide bonds. The summed E-state index contributed by atoms with van der Waals surface area (Å²) < 4.78 is 26.7. The largest absolute Gasteiger partial charge is 0.351 e. The van der Waals surface area contributed by atoms with Crippen molar-refractivity contribution in [1.82, 2.24) is 5.32 Å². The third-order valence-electron chi connectivity index (χ3n) is 3.86. The monoisotopic (exact) mass is 374 g/mol. The maximum absolute atomic E-state index is 12.7. The van der Waals surface area contributed by atoms with Crippen LogP contribution in [0.2, 0.25) is 0 Å². The van der Waals surface area contributed by atoms with Crippen molar-refractivity contribution in [3.8, 4) is 0 Å². The van der Waals surface area contributed by atoms with E-state index < -0.39 is 10.0 Å². The molecule has 2 rings (SSSR count). The van der Waals surface area contributed by atoms with Crippen molar-refractivity contribution in [1.29, 1.82) is 0 Å². The molecule has 140 valence electrons. The fourth-order valence-corrected chi connectivity index (χ4v) is 3.67. The van der Waals surface area contributed by atoms with E-state index in [1.807, 2.05) is 27.7 Å². The van der Waals surface area contributed by atoms with E-state index in [1.165, 1.54) is 11.4 Å². The molecule has 0 spiro atoms.